The van der Waals surface area contributed by atoms with Gasteiger partial charge < -0.3 is 5.32 Å². The summed E-state index contributed by atoms with van der Waals surface area (Å²) >= 11 is 1.94. The summed E-state index contributed by atoms with van der Waals surface area (Å²) in [5.74, 6) is 2.78. The van der Waals surface area contributed by atoms with Gasteiger partial charge in [0.2, 0.25) is 0 Å². The molecule has 3 heteroatoms. The molecule has 1 spiro atoms. The van der Waals surface area contributed by atoms with Crippen molar-refractivity contribution in [2.45, 2.75) is 71.4 Å². The quantitative estimate of drug-likeness (QED) is 0.834. The smallest absolute Gasteiger partial charge is 0.157 e. The monoisotopic (exact) mass is 268 g/mol. The number of rotatable bonds is 3. The lowest BCUT2D eigenvalue weighted by Crippen LogP contribution is -2.47. The standard InChI is InChI=1S/C15H28N2S/c1-5-12(3)13(4)16-14-17-15(10-18-14)8-6-7-11(2)9-15/h11-13H,5-10H2,1-4H3,(H,16,17). The average Bonchev–Trinajstić information content (AvgIpc) is 2.70. The lowest BCUT2D eigenvalue weighted by Gasteiger charge is -2.36. The zero-order chi connectivity index (χ0) is 13.2. The van der Waals surface area contributed by atoms with Crippen LogP contribution in [0.5, 0.6) is 0 Å². The summed E-state index contributed by atoms with van der Waals surface area (Å²) in [6.07, 6.45) is 6.66. The summed E-state index contributed by atoms with van der Waals surface area (Å²) in [5.41, 5.74) is 0.371. The van der Waals surface area contributed by atoms with Crippen LogP contribution in [0.1, 0.15) is 59.8 Å². The van der Waals surface area contributed by atoms with Crippen LogP contribution in [0.25, 0.3) is 0 Å². The zero-order valence-electron chi connectivity index (χ0n) is 12.3. The highest BCUT2D eigenvalue weighted by atomic mass is 32.2. The van der Waals surface area contributed by atoms with E-state index < -0.39 is 0 Å². The van der Waals surface area contributed by atoms with Gasteiger partial charge in [-0.3, -0.25) is 4.99 Å². The van der Waals surface area contributed by atoms with Crippen LogP contribution in [0.2, 0.25) is 0 Å². The fraction of sp³-hybridized carbons (Fsp3) is 0.933. The Hall–Kier alpha value is -0.180. The Kier molecular flexibility index (Phi) is 4.63. The molecule has 0 aromatic rings. The van der Waals surface area contributed by atoms with E-state index in [4.69, 9.17) is 4.99 Å². The molecule has 0 bridgehead atoms. The SMILES string of the molecule is CCC(C)C(C)N=C1NC2(CCCC(C)C2)CS1. The van der Waals surface area contributed by atoms with Crippen molar-refractivity contribution >= 4 is 16.9 Å². The third-order valence-electron chi connectivity index (χ3n) is 4.74. The Morgan fingerprint density at radius 1 is 1.50 bits per heavy atom. The Labute approximate surface area is 116 Å². The Morgan fingerprint density at radius 3 is 2.94 bits per heavy atom. The first kappa shape index (κ1) is 14.2. The van der Waals surface area contributed by atoms with Gasteiger partial charge in [0.1, 0.15) is 0 Å². The molecule has 1 heterocycles. The van der Waals surface area contributed by atoms with E-state index in [9.17, 15) is 0 Å². The van der Waals surface area contributed by atoms with Crippen LogP contribution in [0, 0.1) is 11.8 Å². The maximum absolute atomic E-state index is 4.89. The summed E-state index contributed by atoms with van der Waals surface area (Å²) in [5, 5.41) is 4.97. The number of hydrogen-bond donors (Lipinski definition) is 1. The van der Waals surface area contributed by atoms with Gasteiger partial charge in [-0.05, 0) is 31.6 Å². The van der Waals surface area contributed by atoms with Gasteiger partial charge >= 0.3 is 0 Å². The topological polar surface area (TPSA) is 24.4 Å². The second kappa shape index (κ2) is 5.85. The predicted molar refractivity (Wildman–Crippen MR) is 82.3 cm³/mol. The van der Waals surface area contributed by atoms with Gasteiger partial charge in [0.15, 0.2) is 5.17 Å². The molecule has 2 rings (SSSR count). The first-order valence-corrected chi connectivity index (χ1v) is 8.52. The molecular formula is C15H28N2S. The van der Waals surface area contributed by atoms with E-state index in [0.717, 1.165) is 5.92 Å². The Bertz CT molecular complexity index is 316. The number of nitrogens with one attached hydrogen (secondary N) is 1. The molecule has 0 aromatic carbocycles. The van der Waals surface area contributed by atoms with Crippen LogP contribution in [0.4, 0.5) is 0 Å². The molecule has 0 radical (unpaired) electrons. The number of aliphatic imine (C=N–C) groups is 1. The molecule has 4 unspecified atom stereocenters. The maximum atomic E-state index is 4.89. The average molecular weight is 268 g/mol. The Balaban J connectivity index is 1.97. The van der Waals surface area contributed by atoms with Gasteiger partial charge in [-0.25, -0.2) is 0 Å². The number of thioether (sulfide) groups is 1. The molecule has 1 aliphatic carbocycles. The second-order valence-corrected chi connectivity index (χ2v) is 7.42. The first-order valence-electron chi connectivity index (χ1n) is 7.53. The van der Waals surface area contributed by atoms with E-state index in [1.807, 2.05) is 11.8 Å². The van der Waals surface area contributed by atoms with Crippen molar-refractivity contribution in [1.82, 2.24) is 5.32 Å². The van der Waals surface area contributed by atoms with E-state index in [1.165, 1.54) is 43.0 Å². The first-order chi connectivity index (χ1) is 8.54. The summed E-state index contributed by atoms with van der Waals surface area (Å²) in [6.45, 7) is 9.19. The summed E-state index contributed by atoms with van der Waals surface area (Å²) < 4.78 is 0. The maximum Gasteiger partial charge on any atom is 0.157 e. The van der Waals surface area contributed by atoms with Crippen molar-refractivity contribution in [3.63, 3.8) is 0 Å². The Morgan fingerprint density at radius 2 is 2.28 bits per heavy atom. The third kappa shape index (κ3) is 3.23. The highest BCUT2D eigenvalue weighted by Crippen LogP contribution is 2.38. The van der Waals surface area contributed by atoms with E-state index in [1.54, 1.807) is 0 Å². The van der Waals surface area contributed by atoms with Crippen molar-refractivity contribution in [3.05, 3.63) is 0 Å². The van der Waals surface area contributed by atoms with Crippen molar-refractivity contribution < 1.29 is 0 Å². The van der Waals surface area contributed by atoms with Crippen molar-refractivity contribution in [1.29, 1.82) is 0 Å². The molecule has 0 aromatic heterocycles. The van der Waals surface area contributed by atoms with Gasteiger partial charge in [-0.15, -0.1) is 0 Å². The minimum absolute atomic E-state index is 0.371. The normalized spacial score (nSPS) is 37.8. The van der Waals surface area contributed by atoms with Crippen molar-refractivity contribution in [3.8, 4) is 0 Å². The molecule has 2 fully saturated rings. The number of hydrogen-bond acceptors (Lipinski definition) is 2. The lowest BCUT2D eigenvalue weighted by atomic mass is 9.78. The molecule has 1 aliphatic heterocycles. The van der Waals surface area contributed by atoms with Gasteiger partial charge in [-0.2, -0.15) is 0 Å². The lowest BCUT2D eigenvalue weighted by molar-refractivity contribution is 0.242. The fourth-order valence-electron chi connectivity index (χ4n) is 3.13. The predicted octanol–water partition coefficient (Wildman–Crippen LogP) is 4.06. The second-order valence-electron chi connectivity index (χ2n) is 6.46. The van der Waals surface area contributed by atoms with E-state index in [-0.39, 0.29) is 0 Å². The van der Waals surface area contributed by atoms with Crippen molar-refractivity contribution in [2.24, 2.45) is 16.8 Å². The van der Waals surface area contributed by atoms with Crippen LogP contribution in [-0.2, 0) is 0 Å². The summed E-state index contributed by atoms with van der Waals surface area (Å²) in [4.78, 5) is 4.89. The number of nitrogens with zero attached hydrogens (tertiary/aromatic N) is 1. The molecule has 2 nitrogen and oxygen atoms in total. The van der Waals surface area contributed by atoms with Crippen LogP contribution >= 0.6 is 11.8 Å². The van der Waals surface area contributed by atoms with Gasteiger partial charge in [0, 0.05) is 11.3 Å². The fourth-order valence-corrected chi connectivity index (χ4v) is 4.41. The van der Waals surface area contributed by atoms with Gasteiger partial charge in [0.05, 0.1) is 6.04 Å². The molecule has 104 valence electrons. The molecule has 4 atom stereocenters. The highest BCUT2D eigenvalue weighted by molar-refractivity contribution is 8.14. The molecule has 0 amide bonds. The van der Waals surface area contributed by atoms with Gasteiger partial charge in [0.25, 0.3) is 0 Å². The van der Waals surface area contributed by atoms with E-state index in [0.29, 0.717) is 17.5 Å². The minimum atomic E-state index is 0.371. The van der Waals surface area contributed by atoms with Crippen molar-refractivity contribution in [2.75, 3.05) is 5.75 Å². The van der Waals surface area contributed by atoms with Crippen LogP contribution in [0.15, 0.2) is 4.99 Å². The largest absolute Gasteiger partial charge is 0.359 e. The summed E-state index contributed by atoms with van der Waals surface area (Å²) in [6, 6.07) is 0.446. The minimum Gasteiger partial charge on any atom is -0.359 e. The molecular weight excluding hydrogens is 240 g/mol. The zero-order valence-corrected chi connectivity index (χ0v) is 13.1. The number of amidine groups is 1. The molecule has 2 aliphatic rings. The summed E-state index contributed by atoms with van der Waals surface area (Å²) in [7, 11) is 0. The highest BCUT2D eigenvalue weighted by Gasteiger charge is 2.40. The van der Waals surface area contributed by atoms with E-state index in [2.05, 4.69) is 33.0 Å². The third-order valence-corrected chi connectivity index (χ3v) is 5.91. The molecule has 1 N–H and O–H groups in total. The molecule has 1 saturated carbocycles. The molecule has 1 saturated heterocycles. The van der Waals surface area contributed by atoms with Crippen LogP contribution in [0.3, 0.4) is 0 Å². The van der Waals surface area contributed by atoms with E-state index >= 15 is 0 Å². The van der Waals surface area contributed by atoms with Crippen LogP contribution < -0.4 is 5.32 Å². The molecule has 18 heavy (non-hydrogen) atoms. The van der Waals surface area contributed by atoms with Crippen LogP contribution in [-0.4, -0.2) is 22.5 Å². The van der Waals surface area contributed by atoms with Gasteiger partial charge in [-0.1, -0.05) is 51.8 Å².